The van der Waals surface area contributed by atoms with Crippen molar-refractivity contribution in [3.63, 3.8) is 0 Å². The number of aromatic nitrogens is 3. The number of hydrogen-bond acceptors (Lipinski definition) is 5. The molecule has 0 bridgehead atoms. The third-order valence-corrected chi connectivity index (χ3v) is 7.67. The zero-order valence-corrected chi connectivity index (χ0v) is 21.5. The van der Waals surface area contributed by atoms with E-state index < -0.39 is 0 Å². The zero-order valence-electron chi connectivity index (χ0n) is 19.9. The Bertz CT molecular complexity index is 1340. The summed E-state index contributed by atoms with van der Waals surface area (Å²) in [6, 6.07) is 14.5. The van der Waals surface area contributed by atoms with Gasteiger partial charge in [0.1, 0.15) is 0 Å². The van der Waals surface area contributed by atoms with Gasteiger partial charge in [0, 0.05) is 33.6 Å². The fraction of sp³-hybridized carbons (Fsp3) is 0.222. The number of aryl methyl sites for hydroxylation is 3. The molecule has 1 N–H and O–H groups in total. The fourth-order valence-corrected chi connectivity index (χ4v) is 5.40. The van der Waals surface area contributed by atoms with Crippen molar-refractivity contribution in [2.45, 2.75) is 39.4 Å². The predicted octanol–water partition coefficient (Wildman–Crippen LogP) is 6.82. The van der Waals surface area contributed by atoms with Crippen molar-refractivity contribution in [3.8, 4) is 22.5 Å². The zero-order chi connectivity index (χ0) is 24.2. The highest BCUT2D eigenvalue weighted by molar-refractivity contribution is 7.99. The molecule has 0 saturated carbocycles. The molecule has 0 aliphatic rings. The Kier molecular flexibility index (Phi) is 7.34. The molecule has 7 heteroatoms. The molecule has 5 nitrogen and oxygen atoms in total. The number of carbonyl (C=O) groups excluding carboxylic acids is 1. The molecule has 0 aliphatic heterocycles. The standard InChI is InChI=1S/C27H28N4OS2/c1-6-14-31-26(22-15-33-20(5)25(22)21-12-10-17(2)11-13-21)29-30-27(31)34-16-24(32)28-23-9-7-8-18(3)19(23)4/h6-13,15H,1,14,16H2,2-5H3,(H,28,32). The average Bonchev–Trinajstić information content (AvgIpc) is 3.39. The summed E-state index contributed by atoms with van der Waals surface area (Å²) >= 11 is 3.09. The van der Waals surface area contributed by atoms with E-state index in [1.807, 2.05) is 42.7 Å². The third kappa shape index (κ3) is 5.00. The summed E-state index contributed by atoms with van der Waals surface area (Å²) < 4.78 is 2.03. The highest BCUT2D eigenvalue weighted by Gasteiger charge is 2.21. The van der Waals surface area contributed by atoms with Crippen LogP contribution in [-0.4, -0.2) is 26.4 Å². The number of hydrogen-bond donors (Lipinski definition) is 1. The maximum atomic E-state index is 12.7. The molecular formula is C27H28N4OS2. The summed E-state index contributed by atoms with van der Waals surface area (Å²) in [7, 11) is 0. The molecule has 0 radical (unpaired) electrons. The van der Waals surface area contributed by atoms with Gasteiger partial charge in [0.05, 0.1) is 5.75 Å². The number of amides is 1. The largest absolute Gasteiger partial charge is 0.325 e. The summed E-state index contributed by atoms with van der Waals surface area (Å²) in [5.41, 5.74) is 7.68. The molecule has 174 valence electrons. The minimum absolute atomic E-state index is 0.0693. The minimum atomic E-state index is -0.0693. The number of thiophene rings is 1. The van der Waals surface area contributed by atoms with Gasteiger partial charge in [-0.1, -0.05) is 59.8 Å². The molecule has 4 rings (SSSR count). The Morgan fingerprint density at radius 1 is 1.12 bits per heavy atom. The molecule has 0 atom stereocenters. The number of allylic oxidation sites excluding steroid dienone is 1. The first-order valence-corrected chi connectivity index (χ1v) is 12.9. The van der Waals surface area contributed by atoms with E-state index in [1.165, 1.54) is 27.8 Å². The second-order valence-electron chi connectivity index (χ2n) is 8.24. The normalized spacial score (nSPS) is 10.9. The molecule has 4 aromatic rings. The maximum absolute atomic E-state index is 12.7. The van der Waals surface area contributed by atoms with Gasteiger partial charge in [-0.25, -0.2) is 0 Å². The lowest BCUT2D eigenvalue weighted by molar-refractivity contribution is -0.113. The van der Waals surface area contributed by atoms with Gasteiger partial charge in [-0.05, 0) is 50.5 Å². The quantitative estimate of drug-likeness (QED) is 0.218. The predicted molar refractivity (Wildman–Crippen MR) is 144 cm³/mol. The first-order chi connectivity index (χ1) is 16.4. The van der Waals surface area contributed by atoms with E-state index in [0.717, 1.165) is 33.8 Å². The van der Waals surface area contributed by atoms with Crippen LogP contribution in [0.15, 0.2) is 65.7 Å². The summed E-state index contributed by atoms with van der Waals surface area (Å²) in [6.07, 6.45) is 1.83. The van der Waals surface area contributed by atoms with Gasteiger partial charge in [-0.3, -0.25) is 9.36 Å². The van der Waals surface area contributed by atoms with Gasteiger partial charge in [-0.15, -0.1) is 28.1 Å². The number of nitrogens with one attached hydrogen (secondary N) is 1. The van der Waals surface area contributed by atoms with E-state index in [9.17, 15) is 4.79 Å². The van der Waals surface area contributed by atoms with Crippen LogP contribution in [0.2, 0.25) is 0 Å². The minimum Gasteiger partial charge on any atom is -0.325 e. The number of anilines is 1. The molecule has 2 aromatic carbocycles. The first-order valence-electron chi connectivity index (χ1n) is 11.1. The first kappa shape index (κ1) is 24.0. The van der Waals surface area contributed by atoms with Crippen molar-refractivity contribution in [1.29, 1.82) is 0 Å². The van der Waals surface area contributed by atoms with Gasteiger partial charge in [0.15, 0.2) is 11.0 Å². The van der Waals surface area contributed by atoms with Gasteiger partial charge in [0.25, 0.3) is 0 Å². The number of thioether (sulfide) groups is 1. The van der Waals surface area contributed by atoms with Gasteiger partial charge in [-0.2, -0.15) is 0 Å². The Morgan fingerprint density at radius 3 is 2.62 bits per heavy atom. The molecular weight excluding hydrogens is 460 g/mol. The number of rotatable bonds is 8. The lowest BCUT2D eigenvalue weighted by Gasteiger charge is -2.11. The second kappa shape index (κ2) is 10.4. The third-order valence-electron chi connectivity index (χ3n) is 5.80. The van der Waals surface area contributed by atoms with Crippen LogP contribution in [0.4, 0.5) is 5.69 Å². The van der Waals surface area contributed by atoms with Crippen LogP contribution < -0.4 is 5.32 Å². The summed E-state index contributed by atoms with van der Waals surface area (Å²) in [5.74, 6) is 0.966. The van der Waals surface area contributed by atoms with Crippen molar-refractivity contribution in [3.05, 3.63) is 82.1 Å². The topological polar surface area (TPSA) is 59.8 Å². The van der Waals surface area contributed by atoms with Crippen LogP contribution in [-0.2, 0) is 11.3 Å². The second-order valence-corrected chi connectivity index (χ2v) is 10.3. The van der Waals surface area contributed by atoms with Crippen LogP contribution in [0.3, 0.4) is 0 Å². The molecule has 0 saturated heterocycles. The lowest BCUT2D eigenvalue weighted by atomic mass is 10.0. The van der Waals surface area contributed by atoms with Crippen molar-refractivity contribution in [2.24, 2.45) is 0 Å². The molecule has 0 aliphatic carbocycles. The molecule has 0 fully saturated rings. The van der Waals surface area contributed by atoms with E-state index in [4.69, 9.17) is 0 Å². The molecule has 1 amide bonds. The van der Waals surface area contributed by atoms with E-state index in [2.05, 4.69) is 65.6 Å². The fourth-order valence-electron chi connectivity index (χ4n) is 3.79. The Morgan fingerprint density at radius 2 is 1.88 bits per heavy atom. The average molecular weight is 489 g/mol. The summed E-state index contributed by atoms with van der Waals surface area (Å²) in [6.45, 7) is 12.7. The maximum Gasteiger partial charge on any atom is 0.234 e. The van der Waals surface area contributed by atoms with Gasteiger partial charge < -0.3 is 5.32 Å². The van der Waals surface area contributed by atoms with Crippen LogP contribution in [0.5, 0.6) is 0 Å². The monoisotopic (exact) mass is 488 g/mol. The Balaban J connectivity index is 1.58. The molecule has 34 heavy (non-hydrogen) atoms. The van der Waals surface area contributed by atoms with Crippen molar-refractivity contribution in [2.75, 3.05) is 11.1 Å². The Hall–Kier alpha value is -3.16. The van der Waals surface area contributed by atoms with E-state index in [-0.39, 0.29) is 11.7 Å². The summed E-state index contributed by atoms with van der Waals surface area (Å²) in [4.78, 5) is 13.9. The number of carbonyl (C=O) groups is 1. The molecule has 2 heterocycles. The smallest absolute Gasteiger partial charge is 0.234 e. The number of nitrogens with zero attached hydrogens (tertiary/aromatic N) is 3. The molecule has 0 spiro atoms. The number of benzene rings is 2. The van der Waals surface area contributed by atoms with E-state index in [1.54, 1.807) is 11.3 Å². The van der Waals surface area contributed by atoms with Crippen molar-refractivity contribution >= 4 is 34.7 Å². The van der Waals surface area contributed by atoms with Crippen molar-refractivity contribution in [1.82, 2.24) is 14.8 Å². The van der Waals surface area contributed by atoms with Crippen LogP contribution >= 0.6 is 23.1 Å². The van der Waals surface area contributed by atoms with Crippen LogP contribution in [0.1, 0.15) is 21.6 Å². The highest BCUT2D eigenvalue weighted by Crippen LogP contribution is 2.39. The molecule has 2 aromatic heterocycles. The van der Waals surface area contributed by atoms with Gasteiger partial charge >= 0.3 is 0 Å². The van der Waals surface area contributed by atoms with Gasteiger partial charge in [0.2, 0.25) is 5.91 Å². The van der Waals surface area contributed by atoms with E-state index >= 15 is 0 Å². The van der Waals surface area contributed by atoms with E-state index in [0.29, 0.717) is 11.7 Å². The van der Waals surface area contributed by atoms with Crippen LogP contribution in [0, 0.1) is 27.7 Å². The molecule has 0 unspecified atom stereocenters. The van der Waals surface area contributed by atoms with Crippen molar-refractivity contribution < 1.29 is 4.79 Å². The summed E-state index contributed by atoms with van der Waals surface area (Å²) in [5, 5.41) is 14.8. The Labute approximate surface area is 208 Å². The SMILES string of the molecule is C=CCn1c(SCC(=O)Nc2cccc(C)c2C)nnc1-c1csc(C)c1-c1ccc(C)cc1. The van der Waals surface area contributed by atoms with Crippen LogP contribution in [0.25, 0.3) is 22.5 Å². The lowest BCUT2D eigenvalue weighted by Crippen LogP contribution is -2.15. The highest BCUT2D eigenvalue weighted by atomic mass is 32.2.